The van der Waals surface area contributed by atoms with Crippen molar-refractivity contribution in [3.8, 4) is 0 Å². The zero-order valence-electron chi connectivity index (χ0n) is 61.9. The number of hydrogen-bond donors (Lipinski definition) is 1. The first kappa shape index (κ1) is 89.5. The maximum absolute atomic E-state index is 13.0. The molecular weight excluding hydrogens is 1150 g/mol. The Hall–Kier alpha value is -3.53. The molecule has 93 heavy (non-hydrogen) atoms. The molecule has 2 atom stereocenters. The Labute approximate surface area is 576 Å². The number of nitrogens with zero attached hydrogens (tertiary/aromatic N) is 1. The van der Waals surface area contributed by atoms with E-state index in [9.17, 15) is 19.5 Å². The maximum Gasteiger partial charge on any atom is 0.361 e. The summed E-state index contributed by atoms with van der Waals surface area (Å²) in [4.78, 5) is 37.7. The highest BCUT2D eigenvalue weighted by atomic mass is 16.7. The van der Waals surface area contributed by atoms with Gasteiger partial charge in [0.25, 0.3) is 6.29 Å². The number of quaternary nitrogens is 1. The molecule has 0 aliphatic rings. The smallest absolute Gasteiger partial charge is 0.361 e. The van der Waals surface area contributed by atoms with Gasteiger partial charge in [-0.3, -0.25) is 9.59 Å². The number of rotatable bonds is 74. The van der Waals surface area contributed by atoms with Crippen LogP contribution in [-0.4, -0.2) is 87.4 Å². The second-order valence-corrected chi connectivity index (χ2v) is 28.0. The van der Waals surface area contributed by atoms with E-state index in [4.69, 9.17) is 18.9 Å². The lowest BCUT2D eigenvalue weighted by Crippen LogP contribution is -2.40. The molecule has 0 aromatic carbocycles. The minimum absolute atomic E-state index is 0.178. The van der Waals surface area contributed by atoms with Crippen molar-refractivity contribution in [2.45, 2.75) is 386 Å². The lowest BCUT2D eigenvalue weighted by Gasteiger charge is -2.25. The van der Waals surface area contributed by atoms with Crippen LogP contribution >= 0.6 is 0 Å². The molecule has 0 radical (unpaired) electrons. The van der Waals surface area contributed by atoms with E-state index in [0.717, 1.165) is 83.5 Å². The molecule has 0 saturated heterocycles. The van der Waals surface area contributed by atoms with Crippen LogP contribution in [0.1, 0.15) is 373 Å². The zero-order valence-corrected chi connectivity index (χ0v) is 61.9. The third-order valence-corrected chi connectivity index (χ3v) is 17.7. The molecule has 1 N–H and O–H groups in total. The van der Waals surface area contributed by atoms with Gasteiger partial charge in [-0.1, -0.05) is 375 Å². The van der Waals surface area contributed by atoms with Crippen LogP contribution in [0.25, 0.3) is 0 Å². The monoisotopic (exact) mass is 1300 g/mol. The molecule has 0 spiro atoms. The summed E-state index contributed by atoms with van der Waals surface area (Å²) in [6.45, 7) is 4.83. The second kappa shape index (κ2) is 74.3. The molecule has 0 saturated carbocycles. The number of carbonyl (C=O) groups excluding carboxylic acids is 2. The Morgan fingerprint density at radius 1 is 0.333 bits per heavy atom. The first-order valence-electron chi connectivity index (χ1n) is 39.8. The molecular formula is C84H152NO8+. The summed E-state index contributed by atoms with van der Waals surface area (Å²) in [5.74, 6) is -1.98. The lowest BCUT2D eigenvalue weighted by molar-refractivity contribution is -0.870. The summed E-state index contributed by atoms with van der Waals surface area (Å²) in [7, 11) is 5.99. The molecule has 0 bridgehead atoms. The van der Waals surface area contributed by atoms with Crippen LogP contribution in [0.4, 0.5) is 0 Å². The van der Waals surface area contributed by atoms with Crippen LogP contribution < -0.4 is 0 Å². The highest BCUT2D eigenvalue weighted by Crippen LogP contribution is 2.19. The van der Waals surface area contributed by atoms with Crippen LogP contribution in [-0.2, 0) is 33.3 Å². The highest BCUT2D eigenvalue weighted by molar-refractivity contribution is 5.71. The Morgan fingerprint density at radius 3 is 0.914 bits per heavy atom. The Kier molecular flexibility index (Phi) is 71.4. The molecule has 2 unspecified atom stereocenters. The largest absolute Gasteiger partial charge is 0.477 e. The van der Waals surface area contributed by atoms with Gasteiger partial charge >= 0.3 is 17.9 Å². The summed E-state index contributed by atoms with van der Waals surface area (Å²) in [5, 5.41) is 9.77. The minimum atomic E-state index is -1.51. The minimum Gasteiger partial charge on any atom is -0.477 e. The van der Waals surface area contributed by atoms with Crippen molar-refractivity contribution in [2.75, 3.05) is 47.5 Å². The Balaban J connectivity index is 4.01. The average molecular weight is 1300 g/mol. The van der Waals surface area contributed by atoms with Gasteiger partial charge in [0.2, 0.25) is 0 Å². The third kappa shape index (κ3) is 75.7. The van der Waals surface area contributed by atoms with Crippen molar-refractivity contribution >= 4 is 17.9 Å². The van der Waals surface area contributed by atoms with Gasteiger partial charge in [-0.15, -0.1) is 0 Å². The van der Waals surface area contributed by atoms with Crippen molar-refractivity contribution in [3.05, 3.63) is 85.1 Å². The van der Waals surface area contributed by atoms with Crippen molar-refractivity contribution < 1.29 is 42.9 Å². The van der Waals surface area contributed by atoms with Crippen LogP contribution in [0.3, 0.4) is 0 Å². The van der Waals surface area contributed by atoms with Crippen LogP contribution in [0, 0.1) is 0 Å². The summed E-state index contributed by atoms with van der Waals surface area (Å²) in [6.07, 6.45) is 98.8. The van der Waals surface area contributed by atoms with Gasteiger partial charge in [-0.2, -0.15) is 0 Å². The van der Waals surface area contributed by atoms with Crippen molar-refractivity contribution in [3.63, 3.8) is 0 Å². The molecule has 0 aromatic rings. The summed E-state index contributed by atoms with van der Waals surface area (Å²) < 4.78 is 23.1. The van der Waals surface area contributed by atoms with Gasteiger partial charge in [0.15, 0.2) is 6.10 Å². The van der Waals surface area contributed by atoms with Crippen molar-refractivity contribution in [1.82, 2.24) is 0 Å². The van der Waals surface area contributed by atoms with Gasteiger partial charge in [0, 0.05) is 12.8 Å². The number of carbonyl (C=O) groups is 3. The lowest BCUT2D eigenvalue weighted by atomic mass is 10.0. The predicted octanol–water partition coefficient (Wildman–Crippen LogP) is 25.4. The summed E-state index contributed by atoms with van der Waals surface area (Å²) in [5.41, 5.74) is 0. The predicted molar refractivity (Wildman–Crippen MR) is 401 cm³/mol. The average Bonchev–Trinajstić information content (AvgIpc) is 3.38. The number of ether oxygens (including phenoxy) is 4. The number of esters is 2. The van der Waals surface area contributed by atoms with E-state index in [1.54, 1.807) is 0 Å². The Bertz CT molecular complexity index is 1810. The molecule has 0 rings (SSSR count). The van der Waals surface area contributed by atoms with Gasteiger partial charge in [0.05, 0.1) is 34.4 Å². The molecule has 0 aliphatic carbocycles. The van der Waals surface area contributed by atoms with Gasteiger partial charge < -0.3 is 28.5 Å². The van der Waals surface area contributed by atoms with Crippen molar-refractivity contribution in [2.24, 2.45) is 0 Å². The number of hydrogen-bond acceptors (Lipinski definition) is 7. The fraction of sp³-hybridized carbons (Fsp3) is 0.798. The van der Waals surface area contributed by atoms with Gasteiger partial charge in [-0.05, 0) is 70.6 Å². The summed E-state index contributed by atoms with van der Waals surface area (Å²) in [6, 6.07) is 0. The molecule has 0 aliphatic heterocycles. The fourth-order valence-electron chi connectivity index (χ4n) is 11.6. The number of allylic oxidation sites excluding steroid dienone is 14. The van der Waals surface area contributed by atoms with Crippen molar-refractivity contribution in [1.29, 1.82) is 0 Å². The highest BCUT2D eigenvalue weighted by Gasteiger charge is 2.25. The number of carboxylic acid groups (broad SMARTS) is 1. The third-order valence-electron chi connectivity index (χ3n) is 17.7. The number of likely N-dealkylation sites (N-methyl/N-ethyl adjacent to an activating group) is 1. The maximum atomic E-state index is 13.0. The molecule has 0 amide bonds. The summed E-state index contributed by atoms with van der Waals surface area (Å²) >= 11 is 0. The molecule has 9 heteroatoms. The number of carboxylic acids is 1. The normalized spacial score (nSPS) is 13.1. The molecule has 0 heterocycles. The topological polar surface area (TPSA) is 108 Å². The standard InChI is InChI=1S/C84H151NO8/c1-6-8-10-12-14-16-18-20-22-24-26-28-30-32-34-36-37-38-39-40-41-42-43-44-45-47-49-51-53-55-57-59-61-63-65-67-69-71-73-75-82(87)93-80(79-92-84(83(88)89)90-77-76-85(3,4)5)78-91-81(86)74-72-70-68-66-64-62-60-58-56-54-52-50-48-46-35-33-31-29-27-25-23-21-19-17-15-13-11-9-7-2/h8,10,14,16,20,22,26,28,32,34,37-38,40-41,80,84H,6-7,9,11-13,15,17-19,21,23-25,27,29-31,33,35-36,39,42-79H2,1-5H3/p+1/b10-8-,16-14-,22-20-,28-26-,34-32-,38-37-,41-40-. The van der Waals surface area contributed by atoms with E-state index >= 15 is 0 Å². The van der Waals surface area contributed by atoms with E-state index < -0.39 is 18.4 Å². The van der Waals surface area contributed by atoms with E-state index in [1.165, 1.54) is 263 Å². The quantitative estimate of drug-likeness (QED) is 0.0211. The van der Waals surface area contributed by atoms with E-state index in [-0.39, 0.29) is 38.2 Å². The van der Waals surface area contributed by atoms with Crippen LogP contribution in [0.2, 0.25) is 0 Å². The Morgan fingerprint density at radius 2 is 0.613 bits per heavy atom. The van der Waals surface area contributed by atoms with Crippen LogP contribution in [0.5, 0.6) is 0 Å². The van der Waals surface area contributed by atoms with E-state index in [1.807, 2.05) is 21.1 Å². The van der Waals surface area contributed by atoms with E-state index in [2.05, 4.69) is 98.9 Å². The number of aliphatic carboxylic acids is 1. The molecule has 540 valence electrons. The SMILES string of the molecule is CC/C=C\C/C=C\C/C=C\C/C=C\C/C=C\C/C=C\C/C=C\CCCCCCCCCCCCCCCCCCCC(=O)OC(COC(=O)CCCCCCCCCCCCCCCCCCCCCCCCCCCCCCC)COC(OCC[N+](C)(C)C)C(=O)O. The van der Waals surface area contributed by atoms with Crippen LogP contribution in [0.15, 0.2) is 85.1 Å². The zero-order chi connectivity index (χ0) is 67.5. The second-order valence-electron chi connectivity index (χ2n) is 28.0. The number of unbranched alkanes of at least 4 members (excludes halogenated alkanes) is 45. The molecule has 0 aromatic heterocycles. The molecule has 9 nitrogen and oxygen atoms in total. The fourth-order valence-corrected chi connectivity index (χ4v) is 11.6. The first-order chi connectivity index (χ1) is 45.6. The van der Waals surface area contributed by atoms with Gasteiger partial charge in [-0.25, -0.2) is 4.79 Å². The first-order valence-corrected chi connectivity index (χ1v) is 39.8. The van der Waals surface area contributed by atoms with Gasteiger partial charge in [0.1, 0.15) is 13.2 Å². The molecule has 0 fully saturated rings. The van der Waals surface area contributed by atoms with E-state index in [0.29, 0.717) is 17.4 Å².